The third kappa shape index (κ3) is 36.0. The lowest BCUT2D eigenvalue weighted by Crippen LogP contribution is -3.00. The minimum Gasteiger partial charge on any atom is -1.00 e. The van der Waals surface area contributed by atoms with Crippen molar-refractivity contribution in [1.29, 1.82) is 0 Å². The van der Waals surface area contributed by atoms with Gasteiger partial charge in [-0.1, -0.05) is 184 Å². The summed E-state index contributed by atoms with van der Waals surface area (Å²) >= 11 is 0. The lowest BCUT2D eigenvalue weighted by molar-refractivity contribution is -0.646. The molecule has 111 heavy (non-hydrogen) atoms. The van der Waals surface area contributed by atoms with Gasteiger partial charge in [-0.15, -0.1) is 0 Å². The van der Waals surface area contributed by atoms with Crippen LogP contribution < -0.4 is 54.0 Å². The number of aliphatic carboxylic acids is 2. The first-order valence-electron chi connectivity index (χ1n) is 37.9. The van der Waals surface area contributed by atoms with Crippen LogP contribution >= 0.6 is 0 Å². The number of carboxylic acids is 2. The molecule has 0 spiro atoms. The van der Waals surface area contributed by atoms with E-state index in [0.29, 0.717) is 68.6 Å². The van der Waals surface area contributed by atoms with Crippen LogP contribution in [0.1, 0.15) is 155 Å². The Morgan fingerprint density at radius 1 is 0.541 bits per heavy atom. The number of aryl methyl sites for hydroxylation is 2. The van der Waals surface area contributed by atoms with Crippen LogP contribution in [-0.4, -0.2) is 174 Å². The number of para-hydroxylation sites is 2. The number of rotatable bonds is 39. The molecule has 6 aromatic rings. The number of amides is 6. The number of nitrogens with two attached hydrogens (primary N) is 1. The number of carbonyl (C=O) groups excluding carboxylic acids is 8. The number of ether oxygens (including phenoxy) is 6. The smallest absolute Gasteiger partial charge is 0.411 e. The zero-order valence-corrected chi connectivity index (χ0v) is 67.8. The predicted octanol–water partition coefficient (Wildman–Crippen LogP) is 6.20. The molecule has 8 atom stereocenters. The van der Waals surface area contributed by atoms with Gasteiger partial charge in [0.25, 0.3) is 5.91 Å². The van der Waals surface area contributed by atoms with Gasteiger partial charge in [0.2, 0.25) is 11.8 Å². The van der Waals surface area contributed by atoms with Crippen LogP contribution in [0, 0.1) is 0 Å². The second kappa shape index (κ2) is 49.8. The Morgan fingerprint density at radius 2 is 0.937 bits per heavy atom. The summed E-state index contributed by atoms with van der Waals surface area (Å²) in [6.45, 7) is 22.9. The Morgan fingerprint density at radius 3 is 1.36 bits per heavy atom. The zero-order valence-electron chi connectivity index (χ0n) is 67.1. The molecule has 6 aromatic carbocycles. The maximum Gasteiger partial charge on any atom is 0.411 e. The molecular weight excluding hydrogens is 1440 g/mol. The van der Waals surface area contributed by atoms with Gasteiger partial charge in [-0.05, 0) is 153 Å². The molecule has 0 radical (unpaired) electrons. The number of quaternary nitrogens is 2. The summed E-state index contributed by atoms with van der Waals surface area (Å²) < 4.78 is 34.4. The summed E-state index contributed by atoms with van der Waals surface area (Å²) in [4.78, 5) is 118. The minimum atomic E-state index is -1.43. The molecule has 0 saturated heterocycles. The van der Waals surface area contributed by atoms with Gasteiger partial charge in [0.05, 0.1) is 38.7 Å². The summed E-state index contributed by atoms with van der Waals surface area (Å²) in [7, 11) is 3.29. The van der Waals surface area contributed by atoms with Gasteiger partial charge in [-0.2, -0.15) is 0 Å². The average Bonchev–Trinajstić information content (AvgIpc) is 0.818. The third-order valence-corrected chi connectivity index (χ3v) is 17.2. The second-order valence-electron chi connectivity index (χ2n) is 29.0. The average molecular weight is 1560 g/mol. The van der Waals surface area contributed by atoms with E-state index >= 15 is 0 Å². The van der Waals surface area contributed by atoms with Gasteiger partial charge in [0.1, 0.15) is 72.3 Å². The van der Waals surface area contributed by atoms with E-state index in [9.17, 15) is 53.4 Å². The van der Waals surface area contributed by atoms with E-state index in [-0.39, 0.29) is 57.1 Å². The maximum absolute atomic E-state index is 14.0. The fraction of sp³-hybridized carbons (Fsp3) is 0.471. The van der Waals surface area contributed by atoms with E-state index in [1.807, 2.05) is 173 Å². The van der Waals surface area contributed by atoms with Crippen molar-refractivity contribution in [2.45, 2.75) is 220 Å². The molecule has 6 amide bonds. The van der Waals surface area contributed by atoms with Crippen molar-refractivity contribution >= 4 is 53.9 Å². The molecule has 0 unspecified atom stereocenters. The second-order valence-corrected chi connectivity index (χ2v) is 29.0. The summed E-state index contributed by atoms with van der Waals surface area (Å²) in [6.07, 6.45) is 2.38. The standard InChI is InChI=1S/C35H52N4O7.C30H42N2O7.C20H24N2O3.ClH/c1-8-15-29(32(41)38(7)25(3)31(40)37-28(33(42)43)22-26-16-10-9-11-17-26)39(34(44)46-35(4,5)6)23-24(2)45-30-20-13-12-18-27(30)19-14-21-36;1-6-13-25(27(33)34)32(29(36)39-30(3,4)5)20-22(2)38-26-18-11-10-16-24(26)17-12-19-31-28(35)37-21-23-14-8-7-9-15-23;1-15(21-2)19(23)22-18(13-16-9-5-3-6-10-16)20(24)25-14-17-11-7-4-8-12-17;/h9-13,16-18,20,24-25,28-29H,8,14-15,19,21-23,36H2,1-7H3,(H,37,40)(H,42,43);7-11,14-16,18,22,25H,6,12-13,17,19-21H2,1-5H3,(H,31,35)(H,33,34);3-12,15,18,21H,13-14H2,1-2H3,(H,22,23);1H/t24-,25-,28-,29+;22-,25+;15-,18-;/m111./s1. The Hall–Kier alpha value is -10.2. The van der Waals surface area contributed by atoms with E-state index in [1.165, 1.54) is 28.7 Å². The van der Waals surface area contributed by atoms with Crippen LogP contribution in [0.15, 0.2) is 170 Å². The summed E-state index contributed by atoms with van der Waals surface area (Å²) in [5.74, 6) is -2.91. The van der Waals surface area contributed by atoms with Gasteiger partial charge in [0.15, 0.2) is 6.04 Å². The number of nitrogens with one attached hydrogen (secondary N) is 3. The molecule has 0 aliphatic carbocycles. The number of hydrogen-bond donors (Lipinski definition) is 6. The quantitative estimate of drug-likeness (QED) is 0.0142. The molecule has 6 rings (SSSR count). The van der Waals surface area contributed by atoms with Crippen molar-refractivity contribution in [3.05, 3.63) is 203 Å². The molecule has 0 saturated carbocycles. The minimum absolute atomic E-state index is 0. The highest BCUT2D eigenvalue weighted by Gasteiger charge is 2.39. The van der Waals surface area contributed by atoms with Gasteiger partial charge >= 0.3 is 30.2 Å². The van der Waals surface area contributed by atoms with Crippen LogP contribution in [0.2, 0.25) is 0 Å². The van der Waals surface area contributed by atoms with Crippen molar-refractivity contribution in [1.82, 2.24) is 30.7 Å². The molecule has 9 N–H and O–H groups in total. The monoisotopic (exact) mass is 1560 g/mol. The fourth-order valence-corrected chi connectivity index (χ4v) is 11.2. The van der Waals surface area contributed by atoms with Crippen LogP contribution in [0.5, 0.6) is 11.5 Å². The first kappa shape index (κ1) is 95.0. The van der Waals surface area contributed by atoms with Gasteiger partial charge in [-0.25, -0.2) is 24.0 Å². The molecule has 26 heteroatoms. The van der Waals surface area contributed by atoms with Crippen molar-refractivity contribution in [3.8, 4) is 11.5 Å². The van der Waals surface area contributed by atoms with E-state index in [2.05, 4.69) is 21.7 Å². The highest BCUT2D eigenvalue weighted by atomic mass is 35.5. The first-order chi connectivity index (χ1) is 52.3. The molecule has 0 aromatic heterocycles. The Kier molecular flexibility index (Phi) is 42.6. The Labute approximate surface area is 661 Å². The van der Waals surface area contributed by atoms with Crippen LogP contribution in [0.3, 0.4) is 0 Å². The Balaban J connectivity index is 0.000000447. The number of alkyl carbamates (subject to hydrolysis) is 1. The molecule has 608 valence electrons. The van der Waals surface area contributed by atoms with Crippen LogP contribution in [0.4, 0.5) is 14.4 Å². The van der Waals surface area contributed by atoms with E-state index in [4.69, 9.17) is 28.4 Å². The zero-order chi connectivity index (χ0) is 81.3. The van der Waals surface area contributed by atoms with Crippen molar-refractivity contribution in [3.63, 3.8) is 0 Å². The first-order valence-corrected chi connectivity index (χ1v) is 37.9. The lowest BCUT2D eigenvalue weighted by Gasteiger charge is -2.37. The fourth-order valence-electron chi connectivity index (χ4n) is 11.2. The molecule has 0 aliphatic heterocycles. The SMILES string of the molecule is CCC[C@@H](C(=O)N(C)[C@H](C)C(=O)N[C@H](Cc1ccccc1)C(=O)[O-])N(C[C@@H](C)Oc1ccccc1CCC[NH3+])C(=O)OC(C)(C)C.CCC[C@@H](C(=O)O)N(C[C@@H](C)Oc1ccccc1CCCNC(=O)OCc1ccccc1)C(=O)OC(C)(C)C.C[NH2+][C@H](C)C(=O)N[C@H](Cc1ccccc1)C(=O)OCc1ccccc1.[Cl-]. The van der Waals surface area contributed by atoms with Gasteiger partial charge in [0, 0.05) is 26.4 Å². The summed E-state index contributed by atoms with van der Waals surface area (Å²) in [6, 6.07) is 47.4. The summed E-state index contributed by atoms with van der Waals surface area (Å²) in [5.41, 5.74) is 7.83. The van der Waals surface area contributed by atoms with E-state index in [0.717, 1.165) is 47.2 Å². The molecule has 0 bridgehead atoms. The molecule has 0 aliphatic rings. The highest BCUT2D eigenvalue weighted by Crippen LogP contribution is 2.26. The van der Waals surface area contributed by atoms with Crippen molar-refractivity contribution in [2.24, 2.45) is 0 Å². The number of esters is 1. The number of halogens is 1. The molecule has 0 fully saturated rings. The van der Waals surface area contributed by atoms with Crippen LogP contribution in [0.25, 0.3) is 0 Å². The normalized spacial score (nSPS) is 13.1. The van der Waals surface area contributed by atoms with Crippen molar-refractivity contribution in [2.75, 3.05) is 40.3 Å². The predicted molar refractivity (Wildman–Crippen MR) is 418 cm³/mol. The highest BCUT2D eigenvalue weighted by molar-refractivity contribution is 5.92. The van der Waals surface area contributed by atoms with E-state index < -0.39 is 102 Å². The number of carboxylic acid groups (broad SMARTS) is 2. The number of carbonyl (C=O) groups is 9. The number of benzene rings is 6. The number of hydrogen-bond acceptors (Lipinski definition) is 16. The third-order valence-electron chi connectivity index (χ3n) is 17.2. The summed E-state index contributed by atoms with van der Waals surface area (Å²) in [5, 5.41) is 31.5. The lowest BCUT2D eigenvalue weighted by atomic mass is 10.0. The molecule has 0 heterocycles. The Bertz CT molecular complexity index is 3780. The topological polar surface area (TPSA) is 342 Å². The van der Waals surface area contributed by atoms with E-state index in [1.54, 1.807) is 85.0 Å². The van der Waals surface area contributed by atoms with Gasteiger partial charge in [-0.3, -0.25) is 24.2 Å². The van der Waals surface area contributed by atoms with Gasteiger partial charge < -0.3 is 87.7 Å². The number of nitrogens with zero attached hydrogens (tertiary/aromatic N) is 3. The van der Waals surface area contributed by atoms with Crippen LogP contribution in [-0.2, 0) is 86.6 Å². The molecule has 25 nitrogen and oxygen atoms in total. The molecular formula is C85H119ClN8O17. The van der Waals surface area contributed by atoms with Crippen molar-refractivity contribution < 1.29 is 105 Å². The largest absolute Gasteiger partial charge is 1.00 e. The maximum atomic E-state index is 14.0. The number of likely N-dealkylation sites (N-methyl/N-ethyl adjacent to an activating group) is 2.